The fourth-order valence-electron chi connectivity index (χ4n) is 6.56. The van der Waals surface area contributed by atoms with Crippen molar-refractivity contribution >= 4 is 6.09 Å². The van der Waals surface area contributed by atoms with Crippen LogP contribution in [-0.4, -0.2) is 45.4 Å². The Morgan fingerprint density at radius 2 is 1.60 bits per heavy atom. The number of alkyl halides is 3. The zero-order valence-electron chi connectivity index (χ0n) is 27.1. The summed E-state index contributed by atoms with van der Waals surface area (Å²) in [6, 6.07) is 15.2. The third-order valence-corrected chi connectivity index (χ3v) is 9.27. The molecule has 2 fully saturated rings. The highest BCUT2D eigenvalue weighted by atomic mass is 19.4. The number of benzene rings is 3. The van der Waals surface area contributed by atoms with E-state index in [0.717, 1.165) is 42.6 Å². The van der Waals surface area contributed by atoms with Crippen LogP contribution in [0.25, 0.3) is 11.1 Å². The first kappa shape index (κ1) is 34.9. The Morgan fingerprint density at radius 3 is 2.24 bits per heavy atom. The van der Waals surface area contributed by atoms with E-state index >= 15 is 8.78 Å². The number of carbonyl (C=O) groups excluding carboxylic acids is 1. The van der Waals surface area contributed by atoms with E-state index in [1.807, 2.05) is 0 Å². The molecular weight excluding hydrogens is 663 g/mol. The van der Waals surface area contributed by atoms with Crippen LogP contribution in [0.1, 0.15) is 54.2 Å². The van der Waals surface area contributed by atoms with Gasteiger partial charge in [-0.15, -0.1) is 0 Å². The molecule has 1 amide bonds. The monoisotopic (exact) mass is 698 g/mol. The quantitative estimate of drug-likeness (QED) is 0.199. The number of hydrogen-bond acceptors (Lipinski definition) is 6. The molecule has 2 N–H and O–H groups in total. The van der Waals surface area contributed by atoms with Crippen molar-refractivity contribution in [2.45, 2.75) is 70.1 Å². The van der Waals surface area contributed by atoms with Gasteiger partial charge < -0.3 is 20.1 Å². The van der Waals surface area contributed by atoms with Crippen LogP contribution in [0.5, 0.6) is 5.75 Å². The van der Waals surface area contributed by atoms with Crippen molar-refractivity contribution in [2.24, 2.45) is 5.73 Å². The minimum absolute atomic E-state index is 0.136. The predicted octanol–water partition coefficient (Wildman–Crippen LogP) is 6.17. The fourth-order valence-corrected chi connectivity index (χ4v) is 6.56. The SMILES string of the molecule is Cc1c(-c2cccc(OC3CCN(C4CC4)CC3)c2F)c(=O)n(CC(OC(N)=O)c2ccccc2)c(=O)n1Cc1c(F)cccc1C(F)(F)F. The first-order valence-corrected chi connectivity index (χ1v) is 16.2. The lowest BCUT2D eigenvalue weighted by molar-refractivity contribution is -0.138. The molecule has 1 saturated heterocycles. The maximum absolute atomic E-state index is 16.4. The van der Waals surface area contributed by atoms with Crippen LogP contribution < -0.4 is 21.7 Å². The Balaban J connectivity index is 1.48. The molecular formula is C36H35F5N4O5. The van der Waals surface area contributed by atoms with Crippen molar-refractivity contribution in [3.63, 3.8) is 0 Å². The number of hydrogen-bond donors (Lipinski definition) is 1. The Bertz CT molecular complexity index is 2000. The Morgan fingerprint density at radius 1 is 0.920 bits per heavy atom. The van der Waals surface area contributed by atoms with Gasteiger partial charge in [0.25, 0.3) is 5.56 Å². The summed E-state index contributed by atoms with van der Waals surface area (Å²) in [5.41, 5.74) is 0.446. The molecule has 1 saturated carbocycles. The molecule has 2 aliphatic rings. The van der Waals surface area contributed by atoms with E-state index in [1.54, 1.807) is 30.3 Å². The molecule has 4 aromatic rings. The van der Waals surface area contributed by atoms with E-state index in [2.05, 4.69) is 4.90 Å². The normalized spacial score (nSPS) is 16.3. The second-order valence-corrected chi connectivity index (χ2v) is 12.5. The Kier molecular flexibility index (Phi) is 9.83. The van der Waals surface area contributed by atoms with Crippen LogP contribution in [0.2, 0.25) is 0 Å². The van der Waals surface area contributed by atoms with Gasteiger partial charge in [0.05, 0.1) is 24.2 Å². The summed E-state index contributed by atoms with van der Waals surface area (Å²) >= 11 is 0. The van der Waals surface area contributed by atoms with Crippen LogP contribution in [-0.2, 0) is 24.0 Å². The molecule has 0 spiro atoms. The summed E-state index contributed by atoms with van der Waals surface area (Å²) in [4.78, 5) is 42.5. The lowest BCUT2D eigenvalue weighted by Crippen LogP contribution is -2.44. The van der Waals surface area contributed by atoms with E-state index in [4.69, 9.17) is 15.2 Å². The number of amides is 1. The molecule has 0 bridgehead atoms. The second kappa shape index (κ2) is 14.1. The summed E-state index contributed by atoms with van der Waals surface area (Å²) in [5, 5.41) is 0. The summed E-state index contributed by atoms with van der Waals surface area (Å²) in [7, 11) is 0. The van der Waals surface area contributed by atoms with Crippen molar-refractivity contribution in [1.29, 1.82) is 0 Å². The fraction of sp³-hybridized carbons (Fsp3) is 0.361. The van der Waals surface area contributed by atoms with Gasteiger partial charge in [0.1, 0.15) is 18.0 Å². The molecule has 1 atom stereocenters. The van der Waals surface area contributed by atoms with Gasteiger partial charge in [0, 0.05) is 36.0 Å². The number of rotatable bonds is 10. The van der Waals surface area contributed by atoms with Crippen molar-refractivity contribution in [1.82, 2.24) is 14.0 Å². The maximum Gasteiger partial charge on any atom is 0.416 e. The summed E-state index contributed by atoms with van der Waals surface area (Å²) in [6.07, 6.45) is -4.13. The second-order valence-electron chi connectivity index (χ2n) is 12.5. The lowest BCUT2D eigenvalue weighted by Gasteiger charge is -2.32. The third kappa shape index (κ3) is 7.30. The Hall–Kier alpha value is -4.98. The zero-order chi connectivity index (χ0) is 35.7. The molecule has 264 valence electrons. The number of nitrogens with two attached hydrogens (primary N) is 1. The van der Waals surface area contributed by atoms with E-state index in [-0.39, 0.29) is 28.7 Å². The molecule has 1 unspecified atom stereocenters. The minimum atomic E-state index is -4.98. The topological polar surface area (TPSA) is 109 Å². The van der Waals surface area contributed by atoms with Crippen LogP contribution >= 0.6 is 0 Å². The van der Waals surface area contributed by atoms with E-state index in [0.29, 0.717) is 35.1 Å². The highest BCUT2D eigenvalue weighted by molar-refractivity contribution is 5.68. The minimum Gasteiger partial charge on any atom is -0.487 e. The van der Waals surface area contributed by atoms with Crippen molar-refractivity contribution < 1.29 is 36.2 Å². The van der Waals surface area contributed by atoms with Crippen LogP contribution in [0.15, 0.2) is 76.3 Å². The average molecular weight is 699 g/mol. The maximum atomic E-state index is 16.4. The smallest absolute Gasteiger partial charge is 0.416 e. The summed E-state index contributed by atoms with van der Waals surface area (Å²) in [5.74, 6) is -2.29. The average Bonchev–Trinajstić information content (AvgIpc) is 3.93. The first-order valence-electron chi connectivity index (χ1n) is 16.2. The molecule has 3 aromatic carbocycles. The van der Waals surface area contributed by atoms with Gasteiger partial charge in [-0.1, -0.05) is 48.5 Å². The number of primary amides is 1. The summed E-state index contributed by atoms with van der Waals surface area (Å²) in [6.45, 7) is 1.28. The highest BCUT2D eigenvalue weighted by Gasteiger charge is 2.36. The predicted molar refractivity (Wildman–Crippen MR) is 174 cm³/mol. The standard InChI is InChI=1S/C36H35F5N4O5/c1-21-31(25-9-5-12-29(32(25)38)49-24-15-17-43(18-16-24)23-13-14-23)33(46)45(20-30(50-34(42)47)22-7-3-2-4-8-22)35(48)44(21)19-26-27(36(39,40)41)10-6-11-28(26)37/h2-12,23-24,30H,13-20H2,1H3,(H2,42,47). The molecule has 9 nitrogen and oxygen atoms in total. The number of piperidine rings is 1. The number of likely N-dealkylation sites (tertiary alicyclic amines) is 1. The molecule has 1 aromatic heterocycles. The van der Waals surface area contributed by atoms with Gasteiger partial charge in [-0.2, -0.15) is 13.2 Å². The van der Waals surface area contributed by atoms with E-state index in [1.165, 1.54) is 25.1 Å². The van der Waals surface area contributed by atoms with Crippen molar-refractivity contribution in [3.05, 3.63) is 122 Å². The first-order chi connectivity index (χ1) is 23.8. The molecule has 1 aliphatic carbocycles. The third-order valence-electron chi connectivity index (χ3n) is 9.27. The van der Waals surface area contributed by atoms with Crippen LogP contribution in [0.4, 0.5) is 26.7 Å². The van der Waals surface area contributed by atoms with Gasteiger partial charge >= 0.3 is 18.0 Å². The Labute approximate surface area is 283 Å². The number of halogens is 5. The molecule has 1 aliphatic heterocycles. The molecule has 14 heteroatoms. The number of nitrogens with zero attached hydrogens (tertiary/aromatic N) is 3. The lowest BCUT2D eigenvalue weighted by atomic mass is 10.0. The number of aromatic nitrogens is 2. The van der Waals surface area contributed by atoms with Gasteiger partial charge in [-0.3, -0.25) is 13.9 Å². The number of ether oxygens (including phenoxy) is 2. The van der Waals surface area contributed by atoms with Gasteiger partial charge in [-0.25, -0.2) is 18.4 Å². The van der Waals surface area contributed by atoms with E-state index < -0.39 is 65.5 Å². The zero-order valence-corrected chi connectivity index (χ0v) is 27.1. The van der Waals surface area contributed by atoms with Crippen molar-refractivity contribution in [2.75, 3.05) is 13.1 Å². The summed E-state index contributed by atoms with van der Waals surface area (Å²) < 4.78 is 86.2. The number of carbonyl (C=O) groups is 1. The van der Waals surface area contributed by atoms with E-state index in [9.17, 15) is 27.6 Å². The van der Waals surface area contributed by atoms with Crippen LogP contribution in [0, 0.1) is 18.6 Å². The van der Waals surface area contributed by atoms with Crippen molar-refractivity contribution in [3.8, 4) is 16.9 Å². The van der Waals surface area contributed by atoms with Gasteiger partial charge in [0.2, 0.25) is 0 Å². The molecule has 50 heavy (non-hydrogen) atoms. The largest absolute Gasteiger partial charge is 0.487 e. The van der Waals surface area contributed by atoms with Gasteiger partial charge in [-0.05, 0) is 56.4 Å². The van der Waals surface area contributed by atoms with Crippen LogP contribution in [0.3, 0.4) is 0 Å². The molecule has 6 rings (SSSR count). The van der Waals surface area contributed by atoms with Gasteiger partial charge in [0.15, 0.2) is 11.6 Å². The molecule has 0 radical (unpaired) electrons. The molecule has 2 heterocycles. The highest BCUT2D eigenvalue weighted by Crippen LogP contribution is 2.35.